The Morgan fingerprint density at radius 2 is 2.12 bits per heavy atom. The summed E-state index contributed by atoms with van der Waals surface area (Å²) in [6, 6.07) is 9.80. The molecule has 4 rings (SSSR count). The van der Waals surface area contributed by atoms with Gasteiger partial charge in [-0.2, -0.15) is 10.1 Å². The van der Waals surface area contributed by atoms with Crippen LogP contribution in [0.4, 0.5) is 0 Å². The van der Waals surface area contributed by atoms with Gasteiger partial charge in [0.15, 0.2) is 5.82 Å². The van der Waals surface area contributed by atoms with Crippen LogP contribution >= 0.6 is 0 Å². The van der Waals surface area contributed by atoms with E-state index < -0.39 is 0 Å². The molecular weight excluding hydrogens is 306 g/mol. The second-order valence-corrected chi connectivity index (χ2v) is 5.92. The maximum Gasteiger partial charge on any atom is 0.257 e. The van der Waals surface area contributed by atoms with E-state index in [1.54, 1.807) is 10.9 Å². The summed E-state index contributed by atoms with van der Waals surface area (Å²) in [4.78, 5) is 18.8. The van der Waals surface area contributed by atoms with E-state index in [4.69, 9.17) is 4.52 Å². The molecule has 1 aromatic carbocycles. The SMILES string of the molecule is Cc1c(C(=O)N2CC[C@@H](c3ncon3)C2)cnn1-c1ccccc1. The van der Waals surface area contributed by atoms with Crippen molar-refractivity contribution in [1.82, 2.24) is 24.8 Å². The van der Waals surface area contributed by atoms with Crippen molar-refractivity contribution in [1.29, 1.82) is 0 Å². The normalized spacial score (nSPS) is 17.4. The highest BCUT2D eigenvalue weighted by Crippen LogP contribution is 2.26. The number of hydrogen-bond acceptors (Lipinski definition) is 5. The molecule has 1 saturated heterocycles. The first-order chi connectivity index (χ1) is 11.7. The molecule has 3 aromatic rings. The molecule has 1 amide bonds. The first-order valence-corrected chi connectivity index (χ1v) is 7.89. The molecule has 24 heavy (non-hydrogen) atoms. The Balaban J connectivity index is 1.55. The molecule has 1 aliphatic rings. The van der Waals surface area contributed by atoms with Crippen LogP contribution in [0.25, 0.3) is 5.69 Å². The van der Waals surface area contributed by atoms with Gasteiger partial charge in [-0.15, -0.1) is 0 Å². The lowest BCUT2D eigenvalue weighted by molar-refractivity contribution is 0.0789. The highest BCUT2D eigenvalue weighted by Gasteiger charge is 2.31. The Labute approximate surface area is 138 Å². The van der Waals surface area contributed by atoms with E-state index in [-0.39, 0.29) is 11.8 Å². The van der Waals surface area contributed by atoms with Crippen molar-refractivity contribution in [3.63, 3.8) is 0 Å². The molecule has 1 aliphatic heterocycles. The molecule has 7 heteroatoms. The highest BCUT2D eigenvalue weighted by molar-refractivity contribution is 5.95. The number of hydrogen-bond donors (Lipinski definition) is 0. The zero-order valence-electron chi connectivity index (χ0n) is 13.3. The quantitative estimate of drug-likeness (QED) is 0.738. The summed E-state index contributed by atoms with van der Waals surface area (Å²) in [5.74, 6) is 0.805. The van der Waals surface area contributed by atoms with Gasteiger partial charge in [-0.25, -0.2) is 4.68 Å². The Hall–Kier alpha value is -2.96. The molecule has 2 aromatic heterocycles. The lowest BCUT2D eigenvalue weighted by Crippen LogP contribution is -2.29. The minimum Gasteiger partial charge on any atom is -0.343 e. The Morgan fingerprint density at radius 1 is 1.29 bits per heavy atom. The minimum absolute atomic E-state index is 0.000626. The van der Waals surface area contributed by atoms with Crippen LogP contribution in [0.1, 0.15) is 34.2 Å². The van der Waals surface area contributed by atoms with E-state index in [1.165, 1.54) is 6.39 Å². The predicted octanol–water partition coefficient (Wildman–Crippen LogP) is 2.19. The number of carbonyl (C=O) groups excluding carboxylic acids is 1. The van der Waals surface area contributed by atoms with Crippen LogP contribution in [-0.2, 0) is 0 Å². The monoisotopic (exact) mass is 323 g/mol. The van der Waals surface area contributed by atoms with Gasteiger partial charge in [0.2, 0.25) is 6.39 Å². The number of benzene rings is 1. The molecule has 0 unspecified atom stereocenters. The van der Waals surface area contributed by atoms with Crippen molar-refractivity contribution < 1.29 is 9.32 Å². The second-order valence-electron chi connectivity index (χ2n) is 5.92. The number of rotatable bonds is 3. The topological polar surface area (TPSA) is 77.1 Å². The van der Waals surface area contributed by atoms with Crippen LogP contribution in [0.15, 0.2) is 47.4 Å². The van der Waals surface area contributed by atoms with Gasteiger partial charge in [-0.05, 0) is 25.5 Å². The summed E-state index contributed by atoms with van der Waals surface area (Å²) < 4.78 is 6.59. The van der Waals surface area contributed by atoms with Crippen molar-refractivity contribution in [2.75, 3.05) is 13.1 Å². The Morgan fingerprint density at radius 3 is 2.88 bits per heavy atom. The smallest absolute Gasteiger partial charge is 0.257 e. The number of nitrogens with zero attached hydrogens (tertiary/aromatic N) is 5. The molecule has 122 valence electrons. The predicted molar refractivity (Wildman–Crippen MR) is 85.9 cm³/mol. The van der Waals surface area contributed by atoms with E-state index in [2.05, 4.69) is 15.2 Å². The van der Waals surface area contributed by atoms with E-state index in [9.17, 15) is 4.79 Å². The average Bonchev–Trinajstić information content (AvgIpc) is 3.35. The van der Waals surface area contributed by atoms with Gasteiger partial charge in [0.05, 0.1) is 23.1 Å². The van der Waals surface area contributed by atoms with Crippen LogP contribution in [0.3, 0.4) is 0 Å². The third kappa shape index (κ3) is 2.47. The summed E-state index contributed by atoms with van der Waals surface area (Å²) in [5.41, 5.74) is 2.42. The van der Waals surface area contributed by atoms with Crippen LogP contribution < -0.4 is 0 Å². The van der Waals surface area contributed by atoms with Crippen LogP contribution in [0.5, 0.6) is 0 Å². The van der Waals surface area contributed by atoms with Gasteiger partial charge >= 0.3 is 0 Å². The van der Waals surface area contributed by atoms with Crippen LogP contribution in [0, 0.1) is 6.92 Å². The van der Waals surface area contributed by atoms with Crippen molar-refractivity contribution in [2.24, 2.45) is 0 Å². The van der Waals surface area contributed by atoms with Gasteiger partial charge in [0, 0.05) is 19.0 Å². The number of amides is 1. The molecular formula is C17H17N5O2. The number of likely N-dealkylation sites (tertiary alicyclic amines) is 1. The second kappa shape index (κ2) is 5.92. The number of para-hydroxylation sites is 1. The standard InChI is InChI=1S/C17H17N5O2/c1-12-15(9-19-22(12)14-5-3-2-4-6-14)17(23)21-8-7-13(10-21)16-18-11-24-20-16/h2-6,9,11,13H,7-8,10H2,1H3/t13-/m1/s1. The number of carbonyl (C=O) groups is 1. The summed E-state index contributed by atoms with van der Waals surface area (Å²) >= 11 is 0. The van der Waals surface area contributed by atoms with Crippen molar-refractivity contribution >= 4 is 5.91 Å². The molecule has 0 N–H and O–H groups in total. The highest BCUT2D eigenvalue weighted by atomic mass is 16.5. The lowest BCUT2D eigenvalue weighted by Gasteiger charge is -2.15. The maximum absolute atomic E-state index is 12.8. The molecule has 0 bridgehead atoms. The molecule has 3 heterocycles. The third-order valence-electron chi connectivity index (χ3n) is 4.46. The van der Waals surface area contributed by atoms with Gasteiger partial charge in [-0.1, -0.05) is 23.4 Å². The molecule has 0 spiro atoms. The van der Waals surface area contributed by atoms with Crippen molar-refractivity contribution in [3.8, 4) is 5.69 Å². The summed E-state index contributed by atoms with van der Waals surface area (Å²) in [7, 11) is 0. The first-order valence-electron chi connectivity index (χ1n) is 7.89. The summed E-state index contributed by atoms with van der Waals surface area (Å²) in [6.45, 7) is 3.21. The molecule has 0 aliphatic carbocycles. The zero-order chi connectivity index (χ0) is 16.5. The molecule has 1 fully saturated rings. The zero-order valence-corrected chi connectivity index (χ0v) is 13.3. The van der Waals surface area contributed by atoms with Crippen molar-refractivity contribution in [2.45, 2.75) is 19.3 Å². The first kappa shape index (κ1) is 14.6. The summed E-state index contributed by atoms with van der Waals surface area (Å²) in [5, 5.41) is 8.26. The maximum atomic E-state index is 12.8. The van der Waals surface area contributed by atoms with Crippen molar-refractivity contribution in [3.05, 3.63) is 60.0 Å². The summed E-state index contributed by atoms with van der Waals surface area (Å²) in [6.07, 6.45) is 3.82. The van der Waals surface area contributed by atoms with Gasteiger partial charge < -0.3 is 9.42 Å². The van der Waals surface area contributed by atoms with E-state index >= 15 is 0 Å². The van der Waals surface area contributed by atoms with Gasteiger partial charge in [0.25, 0.3) is 5.91 Å². The van der Waals surface area contributed by atoms with E-state index in [0.29, 0.717) is 24.5 Å². The molecule has 1 atom stereocenters. The van der Waals surface area contributed by atoms with E-state index in [0.717, 1.165) is 17.8 Å². The van der Waals surface area contributed by atoms with Crippen LogP contribution in [-0.4, -0.2) is 43.8 Å². The molecule has 0 radical (unpaired) electrons. The fourth-order valence-corrected chi connectivity index (χ4v) is 3.13. The minimum atomic E-state index is 0.000626. The van der Waals surface area contributed by atoms with Gasteiger partial charge in [-0.3, -0.25) is 4.79 Å². The Kier molecular flexibility index (Phi) is 3.60. The molecule has 7 nitrogen and oxygen atoms in total. The fourth-order valence-electron chi connectivity index (χ4n) is 3.13. The van der Waals surface area contributed by atoms with Gasteiger partial charge in [0.1, 0.15) is 0 Å². The Bertz CT molecular complexity index is 841. The third-order valence-corrected chi connectivity index (χ3v) is 4.46. The lowest BCUT2D eigenvalue weighted by atomic mass is 10.1. The largest absolute Gasteiger partial charge is 0.343 e. The fraction of sp³-hybridized carbons (Fsp3) is 0.294. The van der Waals surface area contributed by atoms with E-state index in [1.807, 2.05) is 42.2 Å². The number of aromatic nitrogens is 4. The molecule has 0 saturated carbocycles. The van der Waals surface area contributed by atoms with Crippen LogP contribution in [0.2, 0.25) is 0 Å². The average molecular weight is 323 g/mol.